The smallest absolute Gasteiger partial charge is 0.307 e. The quantitative estimate of drug-likeness (QED) is 0.608. The van der Waals surface area contributed by atoms with Gasteiger partial charge >= 0.3 is 5.97 Å². The van der Waals surface area contributed by atoms with Crippen molar-refractivity contribution in [3.63, 3.8) is 0 Å². The molecule has 2 aromatic rings. The monoisotopic (exact) mass is 444 g/mol. The lowest BCUT2D eigenvalue weighted by Gasteiger charge is -2.09. The normalized spacial score (nSPS) is 11.1. The second-order valence-electron chi connectivity index (χ2n) is 5.79. The third-order valence-electron chi connectivity index (χ3n) is 3.52. The van der Waals surface area contributed by atoms with Crippen LogP contribution < -0.4 is 10.0 Å². The number of aryl methyl sites for hydroxylation is 1. The van der Waals surface area contributed by atoms with E-state index in [1.54, 1.807) is 18.2 Å². The average Bonchev–Trinajstić information content (AvgIpc) is 2.63. The van der Waals surface area contributed by atoms with E-state index < -0.39 is 28.5 Å². The van der Waals surface area contributed by atoms with Crippen LogP contribution in [0.4, 0.5) is 5.69 Å². The molecule has 28 heavy (non-hydrogen) atoms. The number of carbonyl (C=O) groups excluding carboxylic acids is 2. The van der Waals surface area contributed by atoms with Crippen LogP contribution in [0.2, 0.25) is 10.0 Å². The van der Waals surface area contributed by atoms with Crippen LogP contribution in [-0.2, 0) is 24.3 Å². The van der Waals surface area contributed by atoms with Crippen LogP contribution in [0.5, 0.6) is 0 Å². The van der Waals surface area contributed by atoms with Crippen molar-refractivity contribution in [3.8, 4) is 0 Å². The molecule has 2 N–H and O–H groups in total. The number of halogens is 2. The highest BCUT2D eigenvalue weighted by atomic mass is 35.5. The summed E-state index contributed by atoms with van der Waals surface area (Å²) in [5, 5.41) is 3.14. The van der Waals surface area contributed by atoms with Gasteiger partial charge < -0.3 is 10.1 Å². The molecular weight excluding hydrogens is 427 g/mol. The average molecular weight is 445 g/mol. The first-order valence-electron chi connectivity index (χ1n) is 8.14. The van der Waals surface area contributed by atoms with Gasteiger partial charge in [-0.15, -0.1) is 0 Å². The zero-order chi connectivity index (χ0) is 20.7. The Hall–Kier alpha value is -2.13. The Morgan fingerprint density at radius 2 is 1.75 bits per heavy atom. The van der Waals surface area contributed by atoms with E-state index in [4.69, 9.17) is 27.9 Å². The van der Waals surface area contributed by atoms with E-state index in [0.717, 1.165) is 5.56 Å². The topological polar surface area (TPSA) is 102 Å². The lowest BCUT2D eigenvalue weighted by atomic mass is 10.2. The second-order valence-corrected chi connectivity index (χ2v) is 8.40. The number of sulfonamides is 1. The number of esters is 1. The van der Waals surface area contributed by atoms with Crippen molar-refractivity contribution in [1.29, 1.82) is 0 Å². The number of rotatable bonds is 8. The van der Waals surface area contributed by atoms with E-state index >= 15 is 0 Å². The molecule has 0 spiro atoms. The van der Waals surface area contributed by atoms with Crippen molar-refractivity contribution < 1.29 is 22.7 Å². The molecule has 0 aliphatic carbocycles. The molecule has 2 rings (SSSR count). The van der Waals surface area contributed by atoms with Crippen molar-refractivity contribution in [1.82, 2.24) is 4.72 Å². The molecule has 0 fully saturated rings. The van der Waals surface area contributed by atoms with Gasteiger partial charge in [0.1, 0.15) is 0 Å². The standard InChI is InChI=1S/C18H18Cl2N2O5S/c1-12-2-5-14(6-3-12)28(25,26)21-9-8-18(24)27-11-17(23)22-16-10-13(19)4-7-15(16)20/h2-7,10,21H,8-9,11H2,1H3,(H,22,23). The van der Waals surface area contributed by atoms with Gasteiger partial charge in [0.15, 0.2) is 6.61 Å². The molecule has 0 heterocycles. The minimum absolute atomic E-state index is 0.101. The molecule has 7 nitrogen and oxygen atoms in total. The summed E-state index contributed by atoms with van der Waals surface area (Å²) in [5.41, 5.74) is 1.22. The van der Waals surface area contributed by atoms with E-state index in [-0.39, 0.29) is 22.9 Å². The van der Waals surface area contributed by atoms with Gasteiger partial charge in [0.2, 0.25) is 10.0 Å². The van der Waals surface area contributed by atoms with Crippen molar-refractivity contribution >= 4 is 50.8 Å². The van der Waals surface area contributed by atoms with Crippen LogP contribution in [0, 0.1) is 6.92 Å². The number of amides is 1. The number of anilines is 1. The summed E-state index contributed by atoms with van der Waals surface area (Å²) in [6.45, 7) is 1.15. The third kappa shape index (κ3) is 6.79. The molecule has 0 aliphatic heterocycles. The first kappa shape index (κ1) is 22.2. The Morgan fingerprint density at radius 3 is 2.43 bits per heavy atom. The van der Waals surface area contributed by atoms with E-state index in [2.05, 4.69) is 10.0 Å². The Kier molecular flexibility index (Phi) is 7.82. The van der Waals surface area contributed by atoms with Crippen LogP contribution >= 0.6 is 23.2 Å². The highest BCUT2D eigenvalue weighted by molar-refractivity contribution is 7.89. The minimum atomic E-state index is -3.72. The maximum absolute atomic E-state index is 12.1. The fourth-order valence-corrected chi connectivity index (χ4v) is 3.45. The van der Waals surface area contributed by atoms with E-state index in [1.807, 2.05) is 6.92 Å². The fourth-order valence-electron chi connectivity index (χ4n) is 2.09. The predicted octanol–water partition coefficient (Wildman–Crippen LogP) is 3.15. The Labute approximate surface area is 173 Å². The van der Waals surface area contributed by atoms with Gasteiger partial charge in [-0.3, -0.25) is 9.59 Å². The van der Waals surface area contributed by atoms with Crippen molar-refractivity contribution in [2.75, 3.05) is 18.5 Å². The number of carbonyl (C=O) groups is 2. The number of hydrogen-bond acceptors (Lipinski definition) is 5. The van der Waals surface area contributed by atoms with Crippen LogP contribution in [0.1, 0.15) is 12.0 Å². The molecule has 0 unspecified atom stereocenters. The summed E-state index contributed by atoms with van der Waals surface area (Å²) >= 11 is 11.7. The van der Waals surface area contributed by atoms with Crippen molar-refractivity contribution in [3.05, 3.63) is 58.1 Å². The highest BCUT2D eigenvalue weighted by Crippen LogP contribution is 2.25. The maximum atomic E-state index is 12.1. The van der Waals surface area contributed by atoms with Crippen LogP contribution in [0.15, 0.2) is 47.4 Å². The van der Waals surface area contributed by atoms with Gasteiger partial charge in [0.25, 0.3) is 5.91 Å². The summed E-state index contributed by atoms with van der Waals surface area (Å²) in [6, 6.07) is 10.8. The highest BCUT2D eigenvalue weighted by Gasteiger charge is 2.15. The molecule has 0 saturated carbocycles. The number of ether oxygens (including phenoxy) is 1. The Bertz CT molecular complexity index is 962. The molecule has 1 amide bonds. The van der Waals surface area contributed by atoms with Gasteiger partial charge in [0.05, 0.1) is 22.0 Å². The second kappa shape index (κ2) is 9.88. The van der Waals surface area contributed by atoms with E-state index in [1.165, 1.54) is 24.3 Å². The lowest BCUT2D eigenvalue weighted by Crippen LogP contribution is -2.28. The van der Waals surface area contributed by atoms with E-state index in [9.17, 15) is 18.0 Å². The van der Waals surface area contributed by atoms with Crippen molar-refractivity contribution in [2.24, 2.45) is 0 Å². The summed E-state index contributed by atoms with van der Waals surface area (Å²) in [6.07, 6.45) is -0.226. The summed E-state index contributed by atoms with van der Waals surface area (Å²) in [4.78, 5) is 23.6. The largest absolute Gasteiger partial charge is 0.456 e. The third-order valence-corrected chi connectivity index (χ3v) is 5.56. The van der Waals surface area contributed by atoms with E-state index in [0.29, 0.717) is 10.7 Å². The number of hydrogen-bond donors (Lipinski definition) is 2. The van der Waals surface area contributed by atoms with Crippen LogP contribution in [0.3, 0.4) is 0 Å². The molecule has 10 heteroatoms. The fraction of sp³-hybridized carbons (Fsp3) is 0.222. The van der Waals surface area contributed by atoms with Gasteiger partial charge in [0, 0.05) is 11.6 Å². The SMILES string of the molecule is Cc1ccc(S(=O)(=O)NCCC(=O)OCC(=O)Nc2cc(Cl)ccc2Cl)cc1. The molecule has 0 bridgehead atoms. The summed E-state index contributed by atoms with van der Waals surface area (Å²) in [5.74, 6) is -1.32. The summed E-state index contributed by atoms with van der Waals surface area (Å²) < 4.78 is 31.3. The Balaban J connectivity index is 1.75. The molecular formula is C18H18Cl2N2O5S. The molecule has 0 aromatic heterocycles. The molecule has 2 aromatic carbocycles. The van der Waals surface area contributed by atoms with Gasteiger partial charge in [-0.1, -0.05) is 40.9 Å². The molecule has 0 aliphatic rings. The zero-order valence-electron chi connectivity index (χ0n) is 14.9. The molecule has 150 valence electrons. The van der Waals surface area contributed by atoms with Crippen LogP contribution in [0.25, 0.3) is 0 Å². The number of benzene rings is 2. The number of nitrogens with one attached hydrogen (secondary N) is 2. The molecule has 0 saturated heterocycles. The van der Waals surface area contributed by atoms with Gasteiger partial charge in [-0.05, 0) is 37.3 Å². The molecule has 0 radical (unpaired) electrons. The van der Waals surface area contributed by atoms with Gasteiger partial charge in [-0.25, -0.2) is 13.1 Å². The first-order valence-corrected chi connectivity index (χ1v) is 10.4. The Morgan fingerprint density at radius 1 is 1.07 bits per heavy atom. The van der Waals surface area contributed by atoms with Crippen molar-refractivity contribution in [2.45, 2.75) is 18.2 Å². The predicted molar refractivity (Wildman–Crippen MR) is 107 cm³/mol. The maximum Gasteiger partial charge on any atom is 0.307 e. The lowest BCUT2D eigenvalue weighted by molar-refractivity contribution is -0.147. The van der Waals surface area contributed by atoms with Gasteiger partial charge in [-0.2, -0.15) is 0 Å². The van der Waals surface area contributed by atoms with Crippen LogP contribution in [-0.4, -0.2) is 33.4 Å². The zero-order valence-corrected chi connectivity index (χ0v) is 17.2. The molecule has 0 atom stereocenters. The first-order chi connectivity index (χ1) is 13.2. The summed E-state index contributed by atoms with van der Waals surface area (Å²) in [7, 11) is -3.72. The minimum Gasteiger partial charge on any atom is -0.456 e.